The normalized spacial score (nSPS) is 11.9. The molecule has 5 nitrogen and oxygen atoms in total. The lowest BCUT2D eigenvalue weighted by Crippen LogP contribution is -2.26. The van der Waals surface area contributed by atoms with Gasteiger partial charge in [-0.05, 0) is 38.1 Å². The highest BCUT2D eigenvalue weighted by atomic mass is 32.1. The number of aryl methyl sites for hydroxylation is 1. The number of aromatic carboxylic acids is 1. The molecule has 0 aliphatic rings. The molecule has 1 atom stereocenters. The Bertz CT molecular complexity index is 634. The van der Waals surface area contributed by atoms with E-state index in [1.165, 1.54) is 35.6 Å². The summed E-state index contributed by atoms with van der Waals surface area (Å²) in [6.45, 7) is 3.82. The lowest BCUT2D eigenvalue weighted by atomic mass is 10.1. The number of carboxylic acid groups (broad SMARTS) is 1. The van der Waals surface area contributed by atoms with E-state index in [-0.39, 0.29) is 17.5 Å². The fourth-order valence-electron chi connectivity index (χ4n) is 1.68. The van der Waals surface area contributed by atoms with Crippen LogP contribution in [-0.4, -0.2) is 22.0 Å². The second kappa shape index (κ2) is 5.83. The molecular formula is C14H14N2O3S. The van der Waals surface area contributed by atoms with E-state index in [1.807, 2.05) is 13.8 Å². The molecule has 1 unspecified atom stereocenters. The molecule has 0 aliphatic carbocycles. The topological polar surface area (TPSA) is 79.3 Å². The fourth-order valence-corrected chi connectivity index (χ4v) is 2.45. The van der Waals surface area contributed by atoms with Crippen LogP contribution in [0.25, 0.3) is 0 Å². The average molecular weight is 290 g/mol. The summed E-state index contributed by atoms with van der Waals surface area (Å²) in [4.78, 5) is 28.1. The minimum atomic E-state index is -1.01. The number of nitrogens with one attached hydrogen (secondary N) is 1. The van der Waals surface area contributed by atoms with Crippen molar-refractivity contribution in [3.05, 3.63) is 51.5 Å². The van der Waals surface area contributed by atoms with Crippen LogP contribution in [0.1, 0.15) is 43.6 Å². The number of carboxylic acids is 1. The van der Waals surface area contributed by atoms with E-state index in [0.717, 1.165) is 9.88 Å². The third kappa shape index (κ3) is 3.21. The molecule has 0 fully saturated rings. The molecule has 2 rings (SSSR count). The number of benzene rings is 1. The molecule has 1 amide bonds. The maximum atomic E-state index is 12.0. The fraction of sp³-hybridized carbons (Fsp3) is 0.214. The standard InChI is InChI=1S/C14H14N2O3S/c1-8-7-15-13(20-8)9(2)16-12(17)10-3-5-11(6-4-10)14(18)19/h3-7,9H,1-2H3,(H,16,17)(H,18,19). The van der Waals surface area contributed by atoms with Crippen molar-refractivity contribution in [3.8, 4) is 0 Å². The van der Waals surface area contributed by atoms with Crippen LogP contribution in [-0.2, 0) is 0 Å². The van der Waals surface area contributed by atoms with E-state index in [0.29, 0.717) is 5.56 Å². The molecule has 0 spiro atoms. The molecule has 1 aromatic heterocycles. The van der Waals surface area contributed by atoms with Gasteiger partial charge in [0.05, 0.1) is 11.6 Å². The summed E-state index contributed by atoms with van der Waals surface area (Å²) in [5, 5.41) is 12.5. The molecule has 0 bridgehead atoms. The van der Waals surface area contributed by atoms with E-state index in [2.05, 4.69) is 10.3 Å². The SMILES string of the molecule is Cc1cnc(C(C)NC(=O)c2ccc(C(=O)O)cc2)s1. The summed E-state index contributed by atoms with van der Waals surface area (Å²) in [5.74, 6) is -1.26. The zero-order valence-electron chi connectivity index (χ0n) is 11.1. The number of nitrogens with zero attached hydrogens (tertiary/aromatic N) is 1. The van der Waals surface area contributed by atoms with Crippen LogP contribution in [0.15, 0.2) is 30.5 Å². The zero-order chi connectivity index (χ0) is 14.7. The molecule has 1 heterocycles. The van der Waals surface area contributed by atoms with Crippen molar-refractivity contribution in [3.63, 3.8) is 0 Å². The number of thiazole rings is 1. The first-order chi connectivity index (χ1) is 9.47. The molecule has 2 aromatic rings. The Morgan fingerprint density at radius 1 is 1.25 bits per heavy atom. The number of aromatic nitrogens is 1. The van der Waals surface area contributed by atoms with Crippen molar-refractivity contribution < 1.29 is 14.7 Å². The van der Waals surface area contributed by atoms with Crippen molar-refractivity contribution in [2.45, 2.75) is 19.9 Å². The molecule has 20 heavy (non-hydrogen) atoms. The van der Waals surface area contributed by atoms with Crippen LogP contribution in [0.4, 0.5) is 0 Å². The molecule has 104 valence electrons. The summed E-state index contributed by atoms with van der Waals surface area (Å²) in [7, 11) is 0. The van der Waals surface area contributed by atoms with Gasteiger partial charge in [-0.25, -0.2) is 9.78 Å². The molecule has 6 heteroatoms. The van der Waals surface area contributed by atoms with Crippen LogP contribution >= 0.6 is 11.3 Å². The molecule has 0 saturated carbocycles. The van der Waals surface area contributed by atoms with Gasteiger partial charge in [0.15, 0.2) is 0 Å². The number of amides is 1. The first kappa shape index (κ1) is 14.2. The number of carbonyl (C=O) groups excluding carboxylic acids is 1. The predicted molar refractivity (Wildman–Crippen MR) is 76.1 cm³/mol. The largest absolute Gasteiger partial charge is 0.478 e. The van der Waals surface area contributed by atoms with Gasteiger partial charge in [0, 0.05) is 16.6 Å². The van der Waals surface area contributed by atoms with Gasteiger partial charge in [-0.15, -0.1) is 11.3 Å². The maximum absolute atomic E-state index is 12.0. The lowest BCUT2D eigenvalue weighted by molar-refractivity contribution is 0.0696. The second-order valence-electron chi connectivity index (χ2n) is 4.39. The first-order valence-electron chi connectivity index (χ1n) is 6.04. The van der Waals surface area contributed by atoms with Gasteiger partial charge in [0.1, 0.15) is 5.01 Å². The second-order valence-corrected chi connectivity index (χ2v) is 5.65. The average Bonchev–Trinajstić information content (AvgIpc) is 2.85. The van der Waals surface area contributed by atoms with Gasteiger partial charge in [-0.3, -0.25) is 4.79 Å². The molecule has 0 radical (unpaired) electrons. The summed E-state index contributed by atoms with van der Waals surface area (Å²) >= 11 is 1.54. The first-order valence-corrected chi connectivity index (χ1v) is 6.85. The Morgan fingerprint density at radius 3 is 2.35 bits per heavy atom. The zero-order valence-corrected chi connectivity index (χ0v) is 11.9. The summed E-state index contributed by atoms with van der Waals surface area (Å²) in [6, 6.07) is 5.64. The lowest BCUT2D eigenvalue weighted by Gasteiger charge is -2.11. The highest BCUT2D eigenvalue weighted by molar-refractivity contribution is 7.11. The van der Waals surface area contributed by atoms with Crippen molar-refractivity contribution in [1.82, 2.24) is 10.3 Å². The number of carbonyl (C=O) groups is 2. The van der Waals surface area contributed by atoms with Gasteiger partial charge in [0.2, 0.25) is 0 Å². The van der Waals surface area contributed by atoms with Crippen molar-refractivity contribution in [1.29, 1.82) is 0 Å². The van der Waals surface area contributed by atoms with Crippen molar-refractivity contribution in [2.75, 3.05) is 0 Å². The third-order valence-electron chi connectivity index (χ3n) is 2.75. The van der Waals surface area contributed by atoms with Gasteiger partial charge < -0.3 is 10.4 Å². The molecule has 0 saturated heterocycles. The molecular weight excluding hydrogens is 276 g/mol. The highest BCUT2D eigenvalue weighted by Crippen LogP contribution is 2.19. The van der Waals surface area contributed by atoms with Crippen LogP contribution in [0.5, 0.6) is 0 Å². The summed E-state index contributed by atoms with van der Waals surface area (Å²) < 4.78 is 0. The van der Waals surface area contributed by atoms with E-state index < -0.39 is 5.97 Å². The van der Waals surface area contributed by atoms with E-state index >= 15 is 0 Å². The van der Waals surface area contributed by atoms with Gasteiger partial charge in [-0.2, -0.15) is 0 Å². The number of hydrogen-bond donors (Lipinski definition) is 2. The number of hydrogen-bond acceptors (Lipinski definition) is 4. The van der Waals surface area contributed by atoms with Crippen LogP contribution < -0.4 is 5.32 Å². The van der Waals surface area contributed by atoms with Gasteiger partial charge >= 0.3 is 5.97 Å². The Balaban J connectivity index is 2.06. The minimum Gasteiger partial charge on any atom is -0.478 e. The van der Waals surface area contributed by atoms with Gasteiger partial charge in [0.25, 0.3) is 5.91 Å². The maximum Gasteiger partial charge on any atom is 0.335 e. The van der Waals surface area contributed by atoms with Gasteiger partial charge in [-0.1, -0.05) is 0 Å². The highest BCUT2D eigenvalue weighted by Gasteiger charge is 2.14. The summed E-state index contributed by atoms with van der Waals surface area (Å²) in [6.07, 6.45) is 1.77. The molecule has 1 aromatic carbocycles. The molecule has 2 N–H and O–H groups in total. The summed E-state index contributed by atoms with van der Waals surface area (Å²) in [5.41, 5.74) is 0.584. The Labute approximate surface area is 120 Å². The Morgan fingerprint density at radius 2 is 1.85 bits per heavy atom. The van der Waals surface area contributed by atoms with E-state index in [1.54, 1.807) is 6.20 Å². The van der Waals surface area contributed by atoms with Crippen molar-refractivity contribution in [2.24, 2.45) is 0 Å². The smallest absolute Gasteiger partial charge is 0.335 e. The molecule has 0 aliphatic heterocycles. The Hall–Kier alpha value is -2.21. The Kier molecular flexibility index (Phi) is 4.14. The minimum absolute atomic E-state index is 0.158. The van der Waals surface area contributed by atoms with E-state index in [9.17, 15) is 9.59 Å². The van der Waals surface area contributed by atoms with E-state index in [4.69, 9.17) is 5.11 Å². The monoisotopic (exact) mass is 290 g/mol. The van der Waals surface area contributed by atoms with Crippen LogP contribution in [0.3, 0.4) is 0 Å². The van der Waals surface area contributed by atoms with Crippen LogP contribution in [0.2, 0.25) is 0 Å². The quantitative estimate of drug-likeness (QED) is 0.907. The predicted octanol–water partition coefficient (Wildman–Crippen LogP) is 2.64. The van der Waals surface area contributed by atoms with Crippen molar-refractivity contribution >= 4 is 23.2 Å². The number of rotatable bonds is 4. The van der Waals surface area contributed by atoms with Crippen LogP contribution in [0, 0.1) is 6.92 Å². The third-order valence-corrected chi connectivity index (χ3v) is 3.85.